The molecule has 92 valence electrons. The summed E-state index contributed by atoms with van der Waals surface area (Å²) < 4.78 is 5.41. The molecular formula is C13H23NO2. The van der Waals surface area contributed by atoms with Crippen LogP contribution >= 0.6 is 0 Å². The zero-order chi connectivity index (χ0) is 11.8. The highest BCUT2D eigenvalue weighted by Crippen LogP contribution is 2.37. The molecule has 0 radical (unpaired) electrons. The van der Waals surface area contributed by atoms with Gasteiger partial charge in [0.05, 0.1) is 0 Å². The van der Waals surface area contributed by atoms with E-state index in [1.54, 1.807) is 0 Å². The highest BCUT2D eigenvalue weighted by Gasteiger charge is 2.35. The number of amides is 1. The van der Waals surface area contributed by atoms with E-state index in [0.29, 0.717) is 0 Å². The minimum atomic E-state index is -0.371. The van der Waals surface area contributed by atoms with Crippen molar-refractivity contribution >= 4 is 6.09 Å². The third-order valence-electron chi connectivity index (χ3n) is 3.69. The van der Waals surface area contributed by atoms with Crippen molar-refractivity contribution in [3.05, 3.63) is 0 Å². The monoisotopic (exact) mass is 225 g/mol. The van der Waals surface area contributed by atoms with E-state index in [-0.39, 0.29) is 11.7 Å². The first kappa shape index (κ1) is 11.7. The van der Waals surface area contributed by atoms with Crippen molar-refractivity contribution in [3.8, 4) is 0 Å². The smallest absolute Gasteiger partial charge is 0.410 e. The molecule has 1 amide bonds. The van der Waals surface area contributed by atoms with Crippen LogP contribution in [0.5, 0.6) is 0 Å². The summed E-state index contributed by atoms with van der Waals surface area (Å²) in [7, 11) is 0. The summed E-state index contributed by atoms with van der Waals surface area (Å²) in [5, 5.41) is 0. The maximum Gasteiger partial charge on any atom is 0.410 e. The fourth-order valence-corrected chi connectivity index (χ4v) is 2.92. The van der Waals surface area contributed by atoms with Crippen molar-refractivity contribution in [1.82, 2.24) is 4.90 Å². The molecular weight excluding hydrogens is 202 g/mol. The highest BCUT2D eigenvalue weighted by molar-refractivity contribution is 5.68. The van der Waals surface area contributed by atoms with Crippen molar-refractivity contribution in [1.29, 1.82) is 0 Å². The lowest BCUT2D eigenvalue weighted by atomic mass is 9.89. The van der Waals surface area contributed by atoms with Gasteiger partial charge in [-0.15, -0.1) is 0 Å². The SMILES string of the molecule is CC(C)(C)OC(=O)N1CC[C@@H]2CCC[C@@H]2C1. The molecule has 2 aliphatic rings. The second-order valence-electron chi connectivity index (χ2n) is 6.17. The summed E-state index contributed by atoms with van der Waals surface area (Å²) in [5.41, 5.74) is -0.371. The number of carbonyl (C=O) groups excluding carboxylic acids is 1. The summed E-state index contributed by atoms with van der Waals surface area (Å²) in [6, 6.07) is 0. The van der Waals surface area contributed by atoms with E-state index < -0.39 is 0 Å². The average Bonchev–Trinajstić information content (AvgIpc) is 2.61. The van der Waals surface area contributed by atoms with Crippen LogP contribution in [0.3, 0.4) is 0 Å². The van der Waals surface area contributed by atoms with Gasteiger partial charge in [0, 0.05) is 13.1 Å². The number of ether oxygens (including phenoxy) is 1. The second-order valence-corrected chi connectivity index (χ2v) is 6.17. The molecule has 1 saturated heterocycles. The van der Waals surface area contributed by atoms with Gasteiger partial charge in [0.1, 0.15) is 5.60 Å². The van der Waals surface area contributed by atoms with Gasteiger partial charge in [-0.2, -0.15) is 0 Å². The molecule has 1 saturated carbocycles. The van der Waals surface area contributed by atoms with Crippen LogP contribution in [0.2, 0.25) is 0 Å². The van der Waals surface area contributed by atoms with Gasteiger partial charge in [-0.05, 0) is 45.4 Å². The molecule has 2 rings (SSSR count). The van der Waals surface area contributed by atoms with E-state index in [1.807, 2.05) is 25.7 Å². The quantitative estimate of drug-likeness (QED) is 0.634. The Hall–Kier alpha value is -0.730. The predicted octanol–water partition coefficient (Wildman–Crippen LogP) is 3.04. The number of likely N-dealkylation sites (tertiary alicyclic amines) is 1. The minimum absolute atomic E-state index is 0.127. The third-order valence-corrected chi connectivity index (χ3v) is 3.69. The molecule has 0 spiro atoms. The van der Waals surface area contributed by atoms with Gasteiger partial charge < -0.3 is 9.64 Å². The average molecular weight is 225 g/mol. The zero-order valence-electron chi connectivity index (χ0n) is 10.7. The molecule has 1 heterocycles. The Balaban J connectivity index is 1.89. The van der Waals surface area contributed by atoms with E-state index in [1.165, 1.54) is 25.7 Å². The van der Waals surface area contributed by atoms with Crippen LogP contribution in [-0.4, -0.2) is 29.7 Å². The number of carbonyl (C=O) groups is 1. The molecule has 0 N–H and O–H groups in total. The lowest BCUT2D eigenvalue weighted by Gasteiger charge is -2.36. The van der Waals surface area contributed by atoms with Crippen molar-refractivity contribution in [3.63, 3.8) is 0 Å². The van der Waals surface area contributed by atoms with Gasteiger partial charge in [-0.25, -0.2) is 4.79 Å². The Kier molecular flexibility index (Phi) is 3.13. The Bertz CT molecular complexity index is 270. The number of piperidine rings is 1. The van der Waals surface area contributed by atoms with Crippen molar-refractivity contribution < 1.29 is 9.53 Å². The van der Waals surface area contributed by atoms with Crippen LogP contribution in [0.15, 0.2) is 0 Å². The molecule has 3 heteroatoms. The van der Waals surface area contributed by atoms with Crippen molar-refractivity contribution in [2.45, 2.75) is 52.1 Å². The number of hydrogen-bond acceptors (Lipinski definition) is 2. The Labute approximate surface area is 98.1 Å². The lowest BCUT2D eigenvalue weighted by molar-refractivity contribution is 0.0127. The first-order valence-electron chi connectivity index (χ1n) is 6.43. The van der Waals surface area contributed by atoms with Crippen LogP contribution in [0.4, 0.5) is 4.79 Å². The van der Waals surface area contributed by atoms with Crippen LogP contribution in [0.1, 0.15) is 46.5 Å². The normalized spacial score (nSPS) is 30.1. The second kappa shape index (κ2) is 4.27. The molecule has 16 heavy (non-hydrogen) atoms. The van der Waals surface area contributed by atoms with Crippen molar-refractivity contribution in [2.24, 2.45) is 11.8 Å². The van der Waals surface area contributed by atoms with Gasteiger partial charge in [0.15, 0.2) is 0 Å². The maximum atomic E-state index is 11.9. The Morgan fingerprint density at radius 3 is 2.56 bits per heavy atom. The molecule has 1 aliphatic heterocycles. The van der Waals surface area contributed by atoms with Gasteiger partial charge in [-0.3, -0.25) is 0 Å². The van der Waals surface area contributed by atoms with E-state index in [2.05, 4.69) is 0 Å². The molecule has 1 aliphatic carbocycles. The van der Waals surface area contributed by atoms with Crippen molar-refractivity contribution in [2.75, 3.05) is 13.1 Å². The van der Waals surface area contributed by atoms with Crippen LogP contribution in [0, 0.1) is 11.8 Å². The molecule has 0 unspecified atom stereocenters. The van der Waals surface area contributed by atoms with E-state index in [4.69, 9.17) is 4.74 Å². The third kappa shape index (κ3) is 2.69. The standard InChI is InChI=1S/C13H23NO2/c1-13(2,3)16-12(15)14-8-7-10-5-4-6-11(10)9-14/h10-11H,4-9H2,1-3H3/t10-,11+/m0/s1. The number of nitrogens with zero attached hydrogens (tertiary/aromatic N) is 1. The van der Waals surface area contributed by atoms with Gasteiger partial charge in [0.25, 0.3) is 0 Å². The molecule has 2 atom stereocenters. The highest BCUT2D eigenvalue weighted by atomic mass is 16.6. The molecule has 0 aromatic carbocycles. The summed E-state index contributed by atoms with van der Waals surface area (Å²) in [5.74, 6) is 1.61. The van der Waals surface area contributed by atoms with E-state index in [0.717, 1.165) is 24.9 Å². The first-order valence-corrected chi connectivity index (χ1v) is 6.43. The number of hydrogen-bond donors (Lipinski definition) is 0. The van der Waals surface area contributed by atoms with E-state index >= 15 is 0 Å². The van der Waals surface area contributed by atoms with Crippen LogP contribution < -0.4 is 0 Å². The summed E-state index contributed by atoms with van der Waals surface area (Å²) in [6.07, 6.45) is 5.05. The minimum Gasteiger partial charge on any atom is -0.444 e. The molecule has 0 aromatic heterocycles. The summed E-state index contributed by atoms with van der Waals surface area (Å²) in [4.78, 5) is 13.8. The number of rotatable bonds is 0. The van der Waals surface area contributed by atoms with Gasteiger partial charge in [-0.1, -0.05) is 12.8 Å². The predicted molar refractivity (Wildman–Crippen MR) is 63.3 cm³/mol. The van der Waals surface area contributed by atoms with Crippen LogP contribution in [-0.2, 0) is 4.74 Å². The summed E-state index contributed by atoms with van der Waals surface area (Å²) >= 11 is 0. The van der Waals surface area contributed by atoms with Gasteiger partial charge in [0.2, 0.25) is 0 Å². The fourth-order valence-electron chi connectivity index (χ4n) is 2.92. The Morgan fingerprint density at radius 2 is 1.88 bits per heavy atom. The molecule has 0 bridgehead atoms. The van der Waals surface area contributed by atoms with Gasteiger partial charge >= 0.3 is 6.09 Å². The first-order chi connectivity index (χ1) is 7.46. The topological polar surface area (TPSA) is 29.5 Å². The fraction of sp³-hybridized carbons (Fsp3) is 0.923. The lowest BCUT2D eigenvalue weighted by Crippen LogP contribution is -2.44. The molecule has 0 aromatic rings. The summed E-state index contributed by atoms with van der Waals surface area (Å²) in [6.45, 7) is 7.57. The largest absolute Gasteiger partial charge is 0.444 e. The zero-order valence-corrected chi connectivity index (χ0v) is 10.7. The number of fused-ring (bicyclic) bond motifs is 1. The Morgan fingerprint density at radius 1 is 1.19 bits per heavy atom. The van der Waals surface area contributed by atoms with Crippen LogP contribution in [0.25, 0.3) is 0 Å². The molecule has 2 fully saturated rings. The maximum absolute atomic E-state index is 11.9. The molecule has 3 nitrogen and oxygen atoms in total. The van der Waals surface area contributed by atoms with E-state index in [9.17, 15) is 4.79 Å².